The van der Waals surface area contributed by atoms with E-state index in [0.29, 0.717) is 17.9 Å². The van der Waals surface area contributed by atoms with Crippen LogP contribution in [-0.4, -0.2) is 9.38 Å². The molecule has 3 nitrogen and oxygen atoms in total. The lowest BCUT2D eigenvalue weighted by molar-refractivity contribution is -0.138. The highest BCUT2D eigenvalue weighted by Gasteiger charge is 2.32. The average molecular weight is 305 g/mol. The van der Waals surface area contributed by atoms with E-state index in [9.17, 15) is 13.2 Å². The number of pyridine rings is 1. The van der Waals surface area contributed by atoms with Crippen molar-refractivity contribution in [3.05, 3.63) is 71.2 Å². The zero-order valence-electron chi connectivity index (χ0n) is 11.6. The van der Waals surface area contributed by atoms with Crippen LogP contribution in [0.1, 0.15) is 22.4 Å². The molecule has 0 radical (unpaired) electrons. The molecule has 3 rings (SSSR count). The minimum Gasteiger partial charge on any atom is -0.326 e. The molecule has 0 aliphatic carbocycles. The van der Waals surface area contributed by atoms with E-state index in [1.54, 1.807) is 22.7 Å². The second-order valence-corrected chi connectivity index (χ2v) is 5.07. The minimum atomic E-state index is -4.36. The molecule has 0 fully saturated rings. The summed E-state index contributed by atoms with van der Waals surface area (Å²) in [6, 6.07) is 9.24. The fraction of sp³-hybridized carbons (Fsp3) is 0.188. The lowest BCUT2D eigenvalue weighted by atomic mass is 10.0. The van der Waals surface area contributed by atoms with E-state index in [1.807, 2.05) is 12.3 Å². The van der Waals surface area contributed by atoms with Gasteiger partial charge in [-0.3, -0.25) is 0 Å². The maximum Gasteiger partial charge on any atom is 0.416 e. The molecule has 114 valence electrons. The predicted molar refractivity (Wildman–Crippen MR) is 77.3 cm³/mol. The van der Waals surface area contributed by atoms with Crippen molar-refractivity contribution in [3.8, 4) is 0 Å². The van der Waals surface area contributed by atoms with Gasteiger partial charge in [0.2, 0.25) is 0 Å². The van der Waals surface area contributed by atoms with Crippen molar-refractivity contribution in [2.24, 2.45) is 5.73 Å². The number of imidazole rings is 1. The molecule has 1 aromatic carbocycles. The SMILES string of the molecule is NCc1ccc2nc(Cc3ccccc3C(F)(F)F)cn2c1. The highest BCUT2D eigenvalue weighted by atomic mass is 19.4. The Balaban J connectivity index is 1.97. The summed E-state index contributed by atoms with van der Waals surface area (Å²) in [5.41, 5.74) is 7.40. The Morgan fingerprint density at radius 2 is 1.82 bits per heavy atom. The van der Waals surface area contributed by atoms with Gasteiger partial charge in [-0.05, 0) is 23.3 Å². The average Bonchev–Trinajstić information content (AvgIpc) is 2.87. The van der Waals surface area contributed by atoms with Crippen LogP contribution in [0.15, 0.2) is 48.8 Å². The van der Waals surface area contributed by atoms with E-state index in [0.717, 1.165) is 11.6 Å². The van der Waals surface area contributed by atoms with E-state index in [4.69, 9.17) is 5.73 Å². The molecule has 0 unspecified atom stereocenters. The van der Waals surface area contributed by atoms with E-state index in [-0.39, 0.29) is 12.0 Å². The lowest BCUT2D eigenvalue weighted by Crippen LogP contribution is -2.09. The fourth-order valence-electron chi connectivity index (χ4n) is 2.44. The van der Waals surface area contributed by atoms with Gasteiger partial charge in [0.05, 0.1) is 11.3 Å². The summed E-state index contributed by atoms with van der Waals surface area (Å²) in [4.78, 5) is 4.36. The van der Waals surface area contributed by atoms with Crippen molar-refractivity contribution < 1.29 is 13.2 Å². The standard InChI is InChI=1S/C16H14F3N3/c17-16(18,19)14-4-2-1-3-12(14)7-13-10-22-9-11(8-20)5-6-15(22)21-13/h1-6,9-10H,7-8,20H2. The van der Waals surface area contributed by atoms with Gasteiger partial charge in [0, 0.05) is 25.4 Å². The molecule has 2 aromatic heterocycles. The Bertz CT molecular complexity index is 806. The number of rotatable bonds is 3. The molecule has 2 N–H and O–H groups in total. The summed E-state index contributed by atoms with van der Waals surface area (Å²) < 4.78 is 40.8. The van der Waals surface area contributed by atoms with Crippen molar-refractivity contribution in [2.75, 3.05) is 0 Å². The third-order valence-electron chi connectivity index (χ3n) is 3.49. The van der Waals surface area contributed by atoms with Crippen LogP contribution in [-0.2, 0) is 19.1 Å². The summed E-state index contributed by atoms with van der Waals surface area (Å²) in [6.45, 7) is 0.403. The fourth-order valence-corrected chi connectivity index (χ4v) is 2.44. The monoisotopic (exact) mass is 305 g/mol. The molecule has 0 saturated heterocycles. The quantitative estimate of drug-likeness (QED) is 0.806. The van der Waals surface area contributed by atoms with Crippen LogP contribution in [0.5, 0.6) is 0 Å². The van der Waals surface area contributed by atoms with E-state index >= 15 is 0 Å². The zero-order chi connectivity index (χ0) is 15.7. The topological polar surface area (TPSA) is 43.3 Å². The first kappa shape index (κ1) is 14.6. The van der Waals surface area contributed by atoms with Crippen molar-refractivity contribution in [3.63, 3.8) is 0 Å². The van der Waals surface area contributed by atoms with Crippen LogP contribution in [0, 0.1) is 0 Å². The van der Waals surface area contributed by atoms with Crippen LogP contribution >= 0.6 is 0 Å². The molecule has 22 heavy (non-hydrogen) atoms. The second-order valence-electron chi connectivity index (χ2n) is 5.07. The van der Waals surface area contributed by atoms with E-state index in [1.165, 1.54) is 12.1 Å². The van der Waals surface area contributed by atoms with Crippen LogP contribution in [0.3, 0.4) is 0 Å². The first-order valence-corrected chi connectivity index (χ1v) is 6.79. The third kappa shape index (κ3) is 2.82. The smallest absolute Gasteiger partial charge is 0.326 e. The largest absolute Gasteiger partial charge is 0.416 e. The number of nitrogens with zero attached hydrogens (tertiary/aromatic N) is 2. The van der Waals surface area contributed by atoms with Crippen LogP contribution in [0.4, 0.5) is 13.2 Å². The Kier molecular flexibility index (Phi) is 3.62. The zero-order valence-corrected chi connectivity index (χ0v) is 11.6. The molecule has 0 aliphatic rings. The molecule has 0 atom stereocenters. The Morgan fingerprint density at radius 3 is 2.55 bits per heavy atom. The number of aromatic nitrogens is 2. The molecule has 0 amide bonds. The number of alkyl halides is 3. The van der Waals surface area contributed by atoms with Gasteiger partial charge in [0.15, 0.2) is 0 Å². The summed E-state index contributed by atoms with van der Waals surface area (Å²) in [5, 5.41) is 0. The van der Waals surface area contributed by atoms with Gasteiger partial charge in [0.1, 0.15) is 5.65 Å². The number of halogens is 3. The van der Waals surface area contributed by atoms with Crippen molar-refractivity contribution in [1.29, 1.82) is 0 Å². The third-order valence-corrected chi connectivity index (χ3v) is 3.49. The molecule has 0 spiro atoms. The minimum absolute atomic E-state index is 0.134. The Labute approximate surface area is 125 Å². The van der Waals surface area contributed by atoms with Crippen LogP contribution in [0.2, 0.25) is 0 Å². The number of hydrogen-bond donors (Lipinski definition) is 1. The molecule has 0 aliphatic heterocycles. The number of benzene rings is 1. The summed E-state index contributed by atoms with van der Waals surface area (Å²) in [5.74, 6) is 0. The Morgan fingerprint density at radius 1 is 1.05 bits per heavy atom. The van der Waals surface area contributed by atoms with Crippen LogP contribution < -0.4 is 5.73 Å². The second kappa shape index (κ2) is 5.46. The van der Waals surface area contributed by atoms with Gasteiger partial charge in [-0.25, -0.2) is 4.98 Å². The summed E-state index contributed by atoms with van der Waals surface area (Å²) in [7, 11) is 0. The lowest BCUT2D eigenvalue weighted by Gasteiger charge is -2.11. The number of nitrogens with two attached hydrogens (primary N) is 1. The van der Waals surface area contributed by atoms with Gasteiger partial charge >= 0.3 is 6.18 Å². The van der Waals surface area contributed by atoms with Crippen molar-refractivity contribution in [2.45, 2.75) is 19.1 Å². The molecule has 3 aromatic rings. The molecular weight excluding hydrogens is 291 g/mol. The van der Waals surface area contributed by atoms with Crippen molar-refractivity contribution in [1.82, 2.24) is 9.38 Å². The van der Waals surface area contributed by atoms with Crippen LogP contribution in [0.25, 0.3) is 5.65 Å². The predicted octanol–water partition coefficient (Wildman–Crippen LogP) is 3.40. The highest BCUT2D eigenvalue weighted by molar-refractivity contribution is 5.43. The molecule has 2 heterocycles. The summed E-state index contributed by atoms with van der Waals surface area (Å²) in [6.07, 6.45) is -0.652. The number of hydrogen-bond acceptors (Lipinski definition) is 2. The van der Waals surface area contributed by atoms with Crippen molar-refractivity contribution >= 4 is 5.65 Å². The maximum absolute atomic E-state index is 13.0. The van der Waals surface area contributed by atoms with Gasteiger partial charge < -0.3 is 10.1 Å². The normalized spacial score (nSPS) is 12.0. The van der Waals surface area contributed by atoms with Gasteiger partial charge in [-0.1, -0.05) is 24.3 Å². The highest BCUT2D eigenvalue weighted by Crippen LogP contribution is 2.32. The van der Waals surface area contributed by atoms with E-state index < -0.39 is 11.7 Å². The first-order chi connectivity index (χ1) is 10.5. The van der Waals surface area contributed by atoms with Gasteiger partial charge in [-0.2, -0.15) is 13.2 Å². The molecule has 0 saturated carbocycles. The summed E-state index contributed by atoms with van der Waals surface area (Å²) >= 11 is 0. The molecule has 6 heteroatoms. The molecular formula is C16H14F3N3. The maximum atomic E-state index is 13.0. The number of fused-ring (bicyclic) bond motifs is 1. The first-order valence-electron chi connectivity index (χ1n) is 6.79. The molecule has 0 bridgehead atoms. The van der Waals surface area contributed by atoms with E-state index in [2.05, 4.69) is 4.98 Å². The Hall–Kier alpha value is -2.34. The van der Waals surface area contributed by atoms with Gasteiger partial charge in [0.25, 0.3) is 0 Å². The van der Waals surface area contributed by atoms with Gasteiger partial charge in [-0.15, -0.1) is 0 Å².